The number of hydrogen-bond donors (Lipinski definition) is 2. The molecule has 0 atom stereocenters. The molecule has 3 nitrogen and oxygen atoms in total. The molecule has 0 aliphatic carbocycles. The molecule has 0 amide bonds. The van der Waals surface area contributed by atoms with E-state index in [1.165, 1.54) is 12.5 Å². The second-order valence-electron chi connectivity index (χ2n) is 3.28. The predicted molar refractivity (Wildman–Crippen MR) is 61.9 cm³/mol. The fraction of sp³-hybridized carbons (Fsp3) is 1.00. The quantitative estimate of drug-likeness (QED) is 0.607. The average molecular weight is 203 g/mol. The van der Waals surface area contributed by atoms with E-state index in [2.05, 4.69) is 49.4 Å². The first-order valence-corrected chi connectivity index (χ1v) is 7.49. The average Bonchev–Trinajstić information content (AvgIpc) is 2.18. The van der Waals surface area contributed by atoms with Crippen molar-refractivity contribution in [1.82, 2.24) is 14.5 Å². The highest BCUT2D eigenvalue weighted by Crippen LogP contribution is 2.10. The van der Waals surface area contributed by atoms with Crippen LogP contribution in [0.3, 0.4) is 0 Å². The molecule has 0 saturated heterocycles. The van der Waals surface area contributed by atoms with Gasteiger partial charge >= 0.3 is 0 Å². The van der Waals surface area contributed by atoms with Crippen molar-refractivity contribution in [1.29, 1.82) is 0 Å². The molecule has 0 aliphatic heterocycles. The molecule has 0 unspecified atom stereocenters. The van der Waals surface area contributed by atoms with Gasteiger partial charge in [0.05, 0.1) is 0 Å². The van der Waals surface area contributed by atoms with Gasteiger partial charge < -0.3 is 14.5 Å². The minimum atomic E-state index is -1.54. The number of hydrogen-bond acceptors (Lipinski definition) is 3. The van der Waals surface area contributed by atoms with Crippen LogP contribution in [-0.2, 0) is 0 Å². The van der Waals surface area contributed by atoms with Crippen LogP contribution in [-0.4, -0.2) is 40.3 Å². The minimum Gasteiger partial charge on any atom is -0.316 e. The fourth-order valence-electron chi connectivity index (χ4n) is 1.97. The van der Waals surface area contributed by atoms with Gasteiger partial charge in [0.25, 0.3) is 8.56 Å². The van der Waals surface area contributed by atoms with Crippen LogP contribution in [0, 0.1) is 0 Å². The Morgan fingerprint density at radius 1 is 1.00 bits per heavy atom. The van der Waals surface area contributed by atoms with Crippen LogP contribution in [0.15, 0.2) is 0 Å². The number of nitrogens with one attached hydrogen (secondary N) is 2. The lowest BCUT2D eigenvalue weighted by Crippen LogP contribution is -2.71. The van der Waals surface area contributed by atoms with Gasteiger partial charge in [0.15, 0.2) is 0 Å². The lowest BCUT2D eigenvalue weighted by Gasteiger charge is -2.39. The largest absolute Gasteiger partial charge is 0.316 e. The standard InChI is InChI=1S/C9H25N3Si/c1-6-9-13(10-4,11-5)12(7-2)8-3/h10-11H,6-9H2,1-5H3. The Morgan fingerprint density at radius 2 is 1.46 bits per heavy atom. The molecule has 0 aromatic rings. The number of rotatable bonds is 7. The molecular formula is C9H25N3Si. The smallest absolute Gasteiger partial charge is 0.283 e. The molecule has 2 N–H and O–H groups in total. The van der Waals surface area contributed by atoms with Gasteiger partial charge in [-0.2, -0.15) is 0 Å². The molecule has 0 radical (unpaired) electrons. The zero-order chi connectivity index (χ0) is 10.3. The van der Waals surface area contributed by atoms with Gasteiger partial charge in [-0.1, -0.05) is 27.2 Å². The topological polar surface area (TPSA) is 27.3 Å². The van der Waals surface area contributed by atoms with E-state index in [9.17, 15) is 0 Å². The normalized spacial score (nSPS) is 12.5. The molecular weight excluding hydrogens is 178 g/mol. The van der Waals surface area contributed by atoms with E-state index in [0.29, 0.717) is 0 Å². The zero-order valence-corrected chi connectivity index (χ0v) is 10.8. The molecule has 13 heavy (non-hydrogen) atoms. The molecule has 0 rings (SSSR count). The highest BCUT2D eigenvalue weighted by atomic mass is 28.4. The fourth-order valence-corrected chi connectivity index (χ4v) is 5.48. The van der Waals surface area contributed by atoms with E-state index in [4.69, 9.17) is 0 Å². The molecule has 4 heteroatoms. The van der Waals surface area contributed by atoms with Gasteiger partial charge in [-0.15, -0.1) is 0 Å². The van der Waals surface area contributed by atoms with Crippen molar-refractivity contribution < 1.29 is 0 Å². The monoisotopic (exact) mass is 203 g/mol. The summed E-state index contributed by atoms with van der Waals surface area (Å²) in [6.45, 7) is 8.97. The van der Waals surface area contributed by atoms with Gasteiger partial charge in [-0.25, -0.2) is 0 Å². The summed E-state index contributed by atoms with van der Waals surface area (Å²) >= 11 is 0. The summed E-state index contributed by atoms with van der Waals surface area (Å²) < 4.78 is 2.55. The van der Waals surface area contributed by atoms with E-state index >= 15 is 0 Å². The highest BCUT2D eigenvalue weighted by molar-refractivity contribution is 6.72. The van der Waals surface area contributed by atoms with Crippen LogP contribution in [0.1, 0.15) is 27.2 Å². The van der Waals surface area contributed by atoms with Crippen molar-refractivity contribution in [2.45, 2.75) is 33.2 Å². The molecule has 0 saturated carbocycles. The summed E-state index contributed by atoms with van der Waals surface area (Å²) in [5.74, 6) is 0. The Balaban J connectivity index is 4.50. The Labute approximate surface area is 84.1 Å². The Hall–Kier alpha value is 0.0969. The summed E-state index contributed by atoms with van der Waals surface area (Å²) in [5, 5.41) is 0. The van der Waals surface area contributed by atoms with E-state index in [1.807, 2.05) is 0 Å². The molecule has 0 spiro atoms. The molecule has 80 valence electrons. The van der Waals surface area contributed by atoms with Gasteiger partial charge in [0.1, 0.15) is 0 Å². The Morgan fingerprint density at radius 3 is 1.69 bits per heavy atom. The van der Waals surface area contributed by atoms with Gasteiger partial charge in [0.2, 0.25) is 0 Å². The molecule has 0 aliphatic rings. The maximum atomic E-state index is 3.52. The Bertz CT molecular complexity index is 122. The van der Waals surface area contributed by atoms with E-state index in [1.54, 1.807) is 0 Å². The molecule has 0 fully saturated rings. The third kappa shape index (κ3) is 3.05. The second-order valence-corrected chi connectivity index (χ2v) is 7.14. The van der Waals surface area contributed by atoms with Crippen molar-refractivity contribution >= 4 is 8.56 Å². The minimum absolute atomic E-state index is 1.13. The van der Waals surface area contributed by atoms with Crippen LogP contribution in [0.2, 0.25) is 6.04 Å². The van der Waals surface area contributed by atoms with Crippen molar-refractivity contribution in [3.63, 3.8) is 0 Å². The summed E-state index contributed by atoms with van der Waals surface area (Å²) in [7, 11) is 2.62. The SMILES string of the molecule is CCC[Si](NC)(NC)N(CC)CC. The van der Waals surface area contributed by atoms with Crippen molar-refractivity contribution in [3.05, 3.63) is 0 Å². The van der Waals surface area contributed by atoms with Gasteiger partial charge in [0, 0.05) is 0 Å². The van der Waals surface area contributed by atoms with Crippen LogP contribution >= 0.6 is 0 Å². The van der Waals surface area contributed by atoms with E-state index in [-0.39, 0.29) is 0 Å². The predicted octanol–water partition coefficient (Wildman–Crippen LogP) is 1.12. The second kappa shape index (κ2) is 6.54. The lowest BCUT2D eigenvalue weighted by atomic mass is 10.6. The third-order valence-electron chi connectivity index (χ3n) is 2.74. The number of nitrogens with zero attached hydrogens (tertiary/aromatic N) is 1. The summed E-state index contributed by atoms with van der Waals surface area (Å²) in [5.41, 5.74) is 0. The van der Waals surface area contributed by atoms with Crippen LogP contribution < -0.4 is 9.96 Å². The molecule has 0 heterocycles. The molecule has 0 aromatic heterocycles. The first-order valence-electron chi connectivity index (χ1n) is 5.33. The van der Waals surface area contributed by atoms with Crippen LogP contribution in [0.5, 0.6) is 0 Å². The van der Waals surface area contributed by atoms with E-state index < -0.39 is 8.56 Å². The molecule has 0 bridgehead atoms. The van der Waals surface area contributed by atoms with Gasteiger partial charge in [-0.05, 0) is 33.2 Å². The van der Waals surface area contributed by atoms with Crippen molar-refractivity contribution in [2.24, 2.45) is 0 Å². The lowest BCUT2D eigenvalue weighted by molar-refractivity contribution is 0.435. The van der Waals surface area contributed by atoms with E-state index in [0.717, 1.165) is 13.1 Å². The van der Waals surface area contributed by atoms with Crippen molar-refractivity contribution in [3.8, 4) is 0 Å². The van der Waals surface area contributed by atoms with Crippen molar-refractivity contribution in [2.75, 3.05) is 27.2 Å². The Kier molecular flexibility index (Phi) is 6.58. The van der Waals surface area contributed by atoms with Crippen LogP contribution in [0.4, 0.5) is 0 Å². The first-order chi connectivity index (χ1) is 6.20. The molecule has 0 aromatic carbocycles. The maximum absolute atomic E-state index is 3.52. The third-order valence-corrected chi connectivity index (χ3v) is 7.33. The van der Waals surface area contributed by atoms with Gasteiger partial charge in [-0.3, -0.25) is 0 Å². The summed E-state index contributed by atoms with van der Waals surface area (Å²) in [6, 6.07) is 1.27. The van der Waals surface area contributed by atoms with Crippen LogP contribution in [0.25, 0.3) is 0 Å². The maximum Gasteiger partial charge on any atom is 0.283 e. The first kappa shape index (κ1) is 13.1. The summed E-state index contributed by atoms with van der Waals surface area (Å²) in [6.07, 6.45) is 1.24. The highest BCUT2D eigenvalue weighted by Gasteiger charge is 2.35. The summed E-state index contributed by atoms with van der Waals surface area (Å²) in [4.78, 5) is 7.04. The zero-order valence-electron chi connectivity index (χ0n) is 9.78.